The highest BCUT2D eigenvalue weighted by Gasteiger charge is 2.24. The van der Waals surface area contributed by atoms with E-state index in [0.29, 0.717) is 0 Å². The number of benzene rings is 1. The van der Waals surface area contributed by atoms with Gasteiger partial charge in [0.05, 0.1) is 0 Å². The van der Waals surface area contributed by atoms with Gasteiger partial charge in [-0.1, -0.05) is 30.7 Å². The lowest BCUT2D eigenvalue weighted by molar-refractivity contribution is 0.227. The number of likely N-dealkylation sites (N-methyl/N-ethyl adjacent to an activating group) is 1. The van der Waals surface area contributed by atoms with Crippen molar-refractivity contribution in [1.29, 1.82) is 0 Å². The predicted molar refractivity (Wildman–Crippen MR) is 80.5 cm³/mol. The Morgan fingerprint density at radius 3 is 2.53 bits per heavy atom. The molecular formula is C17H26N2. The summed E-state index contributed by atoms with van der Waals surface area (Å²) >= 11 is 0. The van der Waals surface area contributed by atoms with Crippen molar-refractivity contribution in [3.8, 4) is 0 Å². The van der Waals surface area contributed by atoms with Crippen molar-refractivity contribution in [3.05, 3.63) is 35.4 Å². The van der Waals surface area contributed by atoms with Crippen molar-refractivity contribution in [2.45, 2.75) is 50.6 Å². The second-order valence-corrected chi connectivity index (χ2v) is 6.25. The van der Waals surface area contributed by atoms with Gasteiger partial charge in [0.15, 0.2) is 0 Å². The molecule has 0 bridgehead atoms. The van der Waals surface area contributed by atoms with Gasteiger partial charge in [0, 0.05) is 12.1 Å². The van der Waals surface area contributed by atoms with Crippen molar-refractivity contribution < 1.29 is 0 Å². The van der Waals surface area contributed by atoms with E-state index in [2.05, 4.69) is 41.5 Å². The molecule has 2 nitrogen and oxygen atoms in total. The van der Waals surface area contributed by atoms with Crippen molar-refractivity contribution >= 4 is 0 Å². The van der Waals surface area contributed by atoms with Crippen LogP contribution in [0.5, 0.6) is 0 Å². The molecule has 0 radical (unpaired) electrons. The molecular weight excluding hydrogens is 232 g/mol. The van der Waals surface area contributed by atoms with Gasteiger partial charge in [0.1, 0.15) is 0 Å². The highest BCUT2D eigenvalue weighted by Crippen LogP contribution is 2.25. The van der Waals surface area contributed by atoms with Crippen molar-refractivity contribution in [2.75, 3.05) is 20.1 Å². The lowest BCUT2D eigenvalue weighted by Crippen LogP contribution is -2.39. The van der Waals surface area contributed by atoms with Crippen LogP contribution in [0.15, 0.2) is 24.3 Å². The first-order valence-corrected chi connectivity index (χ1v) is 7.83. The fourth-order valence-corrected chi connectivity index (χ4v) is 3.56. The molecule has 0 saturated carbocycles. The van der Waals surface area contributed by atoms with Gasteiger partial charge in [-0.25, -0.2) is 0 Å². The smallest absolute Gasteiger partial charge is 0.0173 e. The van der Waals surface area contributed by atoms with Crippen LogP contribution in [0.1, 0.15) is 36.8 Å². The fourth-order valence-electron chi connectivity index (χ4n) is 3.56. The molecule has 0 amide bonds. The lowest BCUT2D eigenvalue weighted by Gasteiger charge is -2.28. The topological polar surface area (TPSA) is 15.3 Å². The number of piperidine rings is 1. The summed E-state index contributed by atoms with van der Waals surface area (Å²) in [7, 11) is 2.30. The Morgan fingerprint density at radius 1 is 1.16 bits per heavy atom. The SMILES string of the molecule is CN(CCC1CCCCN1)C1Cc2ccccc2C1. The Morgan fingerprint density at radius 2 is 1.89 bits per heavy atom. The van der Waals surface area contributed by atoms with Gasteiger partial charge in [-0.3, -0.25) is 0 Å². The predicted octanol–water partition coefficient (Wildman–Crippen LogP) is 2.62. The summed E-state index contributed by atoms with van der Waals surface area (Å²) in [6.07, 6.45) is 7.94. The molecule has 1 aliphatic heterocycles. The minimum Gasteiger partial charge on any atom is -0.314 e. The molecule has 2 heteroatoms. The van der Waals surface area contributed by atoms with Crippen LogP contribution in [0.25, 0.3) is 0 Å². The highest BCUT2D eigenvalue weighted by atomic mass is 15.1. The van der Waals surface area contributed by atoms with E-state index < -0.39 is 0 Å². The van der Waals surface area contributed by atoms with Crippen LogP contribution in [0.4, 0.5) is 0 Å². The van der Waals surface area contributed by atoms with E-state index >= 15 is 0 Å². The van der Waals surface area contributed by atoms with Gasteiger partial charge < -0.3 is 10.2 Å². The first-order chi connectivity index (χ1) is 9.33. The quantitative estimate of drug-likeness (QED) is 0.893. The van der Waals surface area contributed by atoms with E-state index in [9.17, 15) is 0 Å². The van der Waals surface area contributed by atoms with Crippen molar-refractivity contribution in [3.63, 3.8) is 0 Å². The van der Waals surface area contributed by atoms with Crippen LogP contribution in [-0.2, 0) is 12.8 Å². The van der Waals surface area contributed by atoms with Gasteiger partial charge in [-0.15, -0.1) is 0 Å². The maximum absolute atomic E-state index is 3.66. The molecule has 3 rings (SSSR count). The second kappa shape index (κ2) is 6.06. The maximum Gasteiger partial charge on any atom is 0.0173 e. The summed E-state index contributed by atoms with van der Waals surface area (Å²) in [5.41, 5.74) is 3.13. The van der Waals surface area contributed by atoms with Crippen LogP contribution < -0.4 is 5.32 Å². The molecule has 1 unspecified atom stereocenters. The molecule has 104 valence electrons. The molecule has 0 spiro atoms. The van der Waals surface area contributed by atoms with E-state index in [0.717, 1.165) is 12.1 Å². The number of rotatable bonds is 4. The zero-order chi connectivity index (χ0) is 13.1. The van der Waals surface area contributed by atoms with E-state index in [-0.39, 0.29) is 0 Å². The molecule has 1 fully saturated rings. The molecule has 1 heterocycles. The molecule has 1 saturated heterocycles. The number of hydrogen-bond acceptors (Lipinski definition) is 2. The maximum atomic E-state index is 3.66. The van der Waals surface area contributed by atoms with Crippen molar-refractivity contribution in [2.24, 2.45) is 0 Å². The molecule has 1 atom stereocenters. The summed E-state index contributed by atoms with van der Waals surface area (Å²) in [5.74, 6) is 0. The third-order valence-corrected chi connectivity index (χ3v) is 4.90. The van der Waals surface area contributed by atoms with Crippen molar-refractivity contribution in [1.82, 2.24) is 10.2 Å². The monoisotopic (exact) mass is 258 g/mol. The molecule has 1 aromatic rings. The molecule has 2 aliphatic rings. The Balaban J connectivity index is 1.48. The van der Waals surface area contributed by atoms with E-state index in [1.165, 1.54) is 51.6 Å². The Bertz CT molecular complexity index is 384. The van der Waals surface area contributed by atoms with Crippen LogP contribution in [0.3, 0.4) is 0 Å². The highest BCUT2D eigenvalue weighted by molar-refractivity contribution is 5.33. The Kier molecular flexibility index (Phi) is 4.19. The van der Waals surface area contributed by atoms with Crippen LogP contribution in [-0.4, -0.2) is 37.1 Å². The number of nitrogens with one attached hydrogen (secondary N) is 1. The number of nitrogens with zero attached hydrogens (tertiary/aromatic N) is 1. The number of fused-ring (bicyclic) bond motifs is 1. The zero-order valence-corrected chi connectivity index (χ0v) is 12.1. The standard InChI is InChI=1S/C17H26N2/c1-19(11-9-16-8-4-5-10-18-16)17-12-14-6-2-3-7-15(14)13-17/h2-3,6-7,16-18H,4-5,8-13H2,1H3. The lowest BCUT2D eigenvalue weighted by atomic mass is 10.0. The van der Waals surface area contributed by atoms with E-state index in [1.54, 1.807) is 11.1 Å². The third-order valence-electron chi connectivity index (χ3n) is 4.90. The van der Waals surface area contributed by atoms with Crippen LogP contribution >= 0.6 is 0 Å². The summed E-state index contributed by atoms with van der Waals surface area (Å²) in [5, 5.41) is 3.66. The average Bonchev–Trinajstić information content (AvgIpc) is 2.90. The van der Waals surface area contributed by atoms with Gasteiger partial charge in [-0.2, -0.15) is 0 Å². The van der Waals surface area contributed by atoms with Crippen LogP contribution in [0.2, 0.25) is 0 Å². The van der Waals surface area contributed by atoms with Gasteiger partial charge in [-0.05, 0) is 63.4 Å². The first kappa shape index (κ1) is 13.1. The molecule has 0 aromatic heterocycles. The van der Waals surface area contributed by atoms with Gasteiger partial charge in [0.25, 0.3) is 0 Å². The van der Waals surface area contributed by atoms with E-state index in [1.807, 2.05) is 0 Å². The molecule has 1 N–H and O–H groups in total. The summed E-state index contributed by atoms with van der Waals surface area (Å²) in [6.45, 7) is 2.46. The first-order valence-electron chi connectivity index (χ1n) is 7.83. The van der Waals surface area contributed by atoms with Crippen LogP contribution in [0, 0.1) is 0 Å². The van der Waals surface area contributed by atoms with Gasteiger partial charge >= 0.3 is 0 Å². The largest absolute Gasteiger partial charge is 0.314 e. The summed E-state index contributed by atoms with van der Waals surface area (Å²) in [4.78, 5) is 2.58. The normalized spacial score (nSPS) is 23.8. The molecule has 19 heavy (non-hydrogen) atoms. The molecule has 1 aliphatic carbocycles. The number of hydrogen-bond donors (Lipinski definition) is 1. The minimum absolute atomic E-state index is 0.723. The minimum atomic E-state index is 0.723. The van der Waals surface area contributed by atoms with E-state index in [4.69, 9.17) is 0 Å². The Labute approximate surface area is 117 Å². The van der Waals surface area contributed by atoms with Gasteiger partial charge in [0.2, 0.25) is 0 Å². The summed E-state index contributed by atoms with van der Waals surface area (Å²) in [6, 6.07) is 10.4. The second-order valence-electron chi connectivity index (χ2n) is 6.25. The fraction of sp³-hybridized carbons (Fsp3) is 0.647. The Hall–Kier alpha value is -0.860. The third kappa shape index (κ3) is 3.18. The summed E-state index contributed by atoms with van der Waals surface area (Å²) < 4.78 is 0. The average molecular weight is 258 g/mol. The zero-order valence-electron chi connectivity index (χ0n) is 12.1. The molecule has 1 aromatic carbocycles.